The summed E-state index contributed by atoms with van der Waals surface area (Å²) in [7, 11) is 1.40. The number of nitro benzene ring substituents is 1. The van der Waals surface area contributed by atoms with Gasteiger partial charge in [-0.05, 0) is 61.0 Å². The van der Waals surface area contributed by atoms with Gasteiger partial charge in [-0.25, -0.2) is 10.2 Å². The topological polar surface area (TPSA) is 120 Å². The van der Waals surface area contributed by atoms with Crippen LogP contribution in [0.5, 0.6) is 11.5 Å². The van der Waals surface area contributed by atoms with Gasteiger partial charge in [-0.1, -0.05) is 23.2 Å². The van der Waals surface area contributed by atoms with Crippen molar-refractivity contribution in [3.05, 3.63) is 97.0 Å². The van der Waals surface area contributed by atoms with E-state index in [0.717, 1.165) is 0 Å². The number of aryl methyl sites for hydroxylation is 1. The van der Waals surface area contributed by atoms with Crippen LogP contribution in [-0.2, 0) is 0 Å². The zero-order chi connectivity index (χ0) is 24.8. The summed E-state index contributed by atoms with van der Waals surface area (Å²) in [4.78, 5) is 35.1. The van der Waals surface area contributed by atoms with Gasteiger partial charge in [-0.3, -0.25) is 14.9 Å². The number of esters is 1. The number of hydrazone groups is 1. The maximum absolute atomic E-state index is 12.5. The van der Waals surface area contributed by atoms with Gasteiger partial charge in [0.05, 0.1) is 33.9 Å². The molecule has 1 amide bonds. The highest BCUT2D eigenvalue weighted by molar-refractivity contribution is 6.42. The van der Waals surface area contributed by atoms with E-state index in [9.17, 15) is 19.7 Å². The van der Waals surface area contributed by atoms with Crippen molar-refractivity contribution in [2.45, 2.75) is 6.92 Å². The van der Waals surface area contributed by atoms with Crippen molar-refractivity contribution in [3.63, 3.8) is 0 Å². The van der Waals surface area contributed by atoms with Crippen LogP contribution in [0.25, 0.3) is 0 Å². The molecule has 0 atom stereocenters. The van der Waals surface area contributed by atoms with Gasteiger partial charge in [-0.15, -0.1) is 0 Å². The molecule has 3 rings (SSSR count). The number of methoxy groups -OCH3 is 1. The number of rotatable bonds is 7. The quantitative estimate of drug-likeness (QED) is 0.156. The summed E-state index contributed by atoms with van der Waals surface area (Å²) in [6.45, 7) is 1.53. The van der Waals surface area contributed by atoms with Crippen LogP contribution in [0.15, 0.2) is 59.7 Å². The van der Waals surface area contributed by atoms with Crippen molar-refractivity contribution in [1.29, 1.82) is 0 Å². The van der Waals surface area contributed by atoms with Gasteiger partial charge in [0.25, 0.3) is 11.6 Å². The number of nitrogens with one attached hydrogen (secondary N) is 1. The number of benzene rings is 3. The Morgan fingerprint density at radius 1 is 1.00 bits per heavy atom. The fourth-order valence-corrected chi connectivity index (χ4v) is 3.16. The molecule has 0 aliphatic carbocycles. The van der Waals surface area contributed by atoms with E-state index in [-0.39, 0.29) is 33.3 Å². The Labute approximate surface area is 204 Å². The van der Waals surface area contributed by atoms with Gasteiger partial charge in [0.1, 0.15) is 0 Å². The van der Waals surface area contributed by atoms with Crippen LogP contribution in [0.2, 0.25) is 10.0 Å². The second kappa shape index (κ2) is 10.8. The maximum atomic E-state index is 12.5. The largest absolute Gasteiger partial charge is 0.493 e. The average Bonchev–Trinajstić information content (AvgIpc) is 2.81. The maximum Gasteiger partial charge on any atom is 0.343 e. The molecule has 0 spiro atoms. The van der Waals surface area contributed by atoms with E-state index in [1.807, 2.05) is 0 Å². The predicted octanol–water partition coefficient (Wildman–Crippen LogP) is 5.20. The Morgan fingerprint density at radius 3 is 2.38 bits per heavy atom. The SMILES string of the molecule is COc1cc(C=NNC(=O)c2ccc(Cl)c(Cl)c2)ccc1OC(=O)c1ccc([N+](=O)[O-])c(C)c1. The number of hydrogen-bond acceptors (Lipinski definition) is 7. The molecular weight excluding hydrogens is 485 g/mol. The summed E-state index contributed by atoms with van der Waals surface area (Å²) in [5.41, 5.74) is 3.60. The lowest BCUT2D eigenvalue weighted by molar-refractivity contribution is -0.385. The number of carbonyl (C=O) groups excluding carboxylic acids is 2. The molecule has 34 heavy (non-hydrogen) atoms. The summed E-state index contributed by atoms with van der Waals surface area (Å²) >= 11 is 11.8. The summed E-state index contributed by atoms with van der Waals surface area (Å²) in [5, 5.41) is 15.4. The summed E-state index contributed by atoms with van der Waals surface area (Å²) in [6.07, 6.45) is 1.38. The monoisotopic (exact) mass is 501 g/mol. The molecule has 9 nitrogen and oxygen atoms in total. The Morgan fingerprint density at radius 2 is 1.74 bits per heavy atom. The number of amides is 1. The van der Waals surface area contributed by atoms with Crippen molar-refractivity contribution in [2.75, 3.05) is 7.11 Å². The van der Waals surface area contributed by atoms with Gasteiger partial charge in [0, 0.05) is 17.2 Å². The van der Waals surface area contributed by atoms with Crippen molar-refractivity contribution < 1.29 is 24.0 Å². The minimum absolute atomic E-state index is 0.0935. The van der Waals surface area contributed by atoms with Crippen molar-refractivity contribution in [2.24, 2.45) is 5.10 Å². The minimum atomic E-state index is -0.702. The van der Waals surface area contributed by atoms with E-state index in [1.54, 1.807) is 12.1 Å². The normalized spacial score (nSPS) is 10.7. The van der Waals surface area contributed by atoms with Crippen LogP contribution in [-0.4, -0.2) is 30.1 Å². The fraction of sp³-hybridized carbons (Fsp3) is 0.0870. The van der Waals surface area contributed by atoms with Gasteiger partial charge in [0.2, 0.25) is 0 Å². The molecule has 0 fully saturated rings. The van der Waals surface area contributed by atoms with Crippen molar-refractivity contribution in [1.82, 2.24) is 5.43 Å². The van der Waals surface area contributed by atoms with Crippen LogP contribution in [0.4, 0.5) is 5.69 Å². The number of nitrogens with zero attached hydrogens (tertiary/aromatic N) is 2. The Kier molecular flexibility index (Phi) is 7.83. The van der Waals surface area contributed by atoms with Gasteiger partial charge in [-0.2, -0.15) is 5.10 Å². The molecule has 0 bridgehead atoms. The van der Waals surface area contributed by atoms with Crippen molar-refractivity contribution >= 4 is 47.0 Å². The lowest BCUT2D eigenvalue weighted by atomic mass is 10.1. The Balaban J connectivity index is 1.69. The molecule has 3 aromatic rings. The molecule has 0 heterocycles. The molecule has 11 heteroatoms. The predicted molar refractivity (Wildman–Crippen MR) is 127 cm³/mol. The number of halogens is 2. The Hall–Kier alpha value is -3.95. The standard InChI is InChI=1S/C23H17Cl2N3O6/c1-13-9-16(5-7-19(13)28(31)32)23(30)34-20-8-3-14(10-21(20)33-2)12-26-27-22(29)15-4-6-17(24)18(25)11-15/h3-12H,1-2H3,(H,27,29). The Bertz CT molecular complexity index is 1310. The van der Waals surface area contributed by atoms with E-state index in [1.165, 1.54) is 62.7 Å². The highest BCUT2D eigenvalue weighted by Gasteiger charge is 2.17. The first-order chi connectivity index (χ1) is 16.2. The molecule has 0 radical (unpaired) electrons. The third-order valence-corrected chi connectivity index (χ3v) is 5.32. The lowest BCUT2D eigenvalue weighted by Gasteiger charge is -2.10. The molecule has 0 unspecified atom stereocenters. The third-order valence-electron chi connectivity index (χ3n) is 4.58. The van der Waals surface area contributed by atoms with E-state index in [0.29, 0.717) is 16.1 Å². The van der Waals surface area contributed by atoms with Crippen LogP contribution in [0.1, 0.15) is 31.8 Å². The van der Waals surface area contributed by atoms with E-state index in [4.69, 9.17) is 32.7 Å². The summed E-state index contributed by atoms with van der Waals surface area (Å²) < 4.78 is 10.7. The molecule has 3 aromatic carbocycles. The summed E-state index contributed by atoms with van der Waals surface area (Å²) in [5.74, 6) is -0.801. The average molecular weight is 502 g/mol. The minimum Gasteiger partial charge on any atom is -0.493 e. The second-order valence-corrected chi connectivity index (χ2v) is 7.70. The number of hydrogen-bond donors (Lipinski definition) is 1. The van der Waals surface area contributed by atoms with E-state index >= 15 is 0 Å². The van der Waals surface area contributed by atoms with Gasteiger partial charge >= 0.3 is 5.97 Å². The molecule has 0 aromatic heterocycles. The van der Waals surface area contributed by atoms with E-state index in [2.05, 4.69) is 10.5 Å². The highest BCUT2D eigenvalue weighted by Crippen LogP contribution is 2.29. The number of carbonyl (C=O) groups is 2. The first-order valence-electron chi connectivity index (χ1n) is 9.63. The molecule has 174 valence electrons. The van der Waals surface area contributed by atoms with Crippen molar-refractivity contribution in [3.8, 4) is 11.5 Å². The molecule has 0 aliphatic heterocycles. The lowest BCUT2D eigenvalue weighted by Crippen LogP contribution is -2.17. The molecule has 0 saturated heterocycles. The van der Waals surface area contributed by atoms with Crippen LogP contribution < -0.4 is 14.9 Å². The van der Waals surface area contributed by atoms with Crippen LogP contribution in [0.3, 0.4) is 0 Å². The van der Waals surface area contributed by atoms with E-state index < -0.39 is 16.8 Å². The zero-order valence-corrected chi connectivity index (χ0v) is 19.4. The third kappa shape index (κ3) is 5.89. The fourth-order valence-electron chi connectivity index (χ4n) is 2.86. The number of nitro groups is 1. The van der Waals surface area contributed by atoms with Crippen LogP contribution >= 0.6 is 23.2 Å². The molecule has 0 aliphatic rings. The second-order valence-electron chi connectivity index (χ2n) is 6.89. The van der Waals surface area contributed by atoms with Gasteiger partial charge in [0.15, 0.2) is 11.5 Å². The smallest absolute Gasteiger partial charge is 0.343 e. The van der Waals surface area contributed by atoms with Gasteiger partial charge < -0.3 is 9.47 Å². The van der Waals surface area contributed by atoms with Crippen LogP contribution in [0, 0.1) is 17.0 Å². The molecule has 1 N–H and O–H groups in total. The zero-order valence-electron chi connectivity index (χ0n) is 17.9. The highest BCUT2D eigenvalue weighted by atomic mass is 35.5. The summed E-state index contributed by atoms with van der Waals surface area (Å²) in [6, 6.07) is 13.0. The number of ether oxygens (including phenoxy) is 2. The molecular formula is C23H17Cl2N3O6. The molecule has 0 saturated carbocycles. The first-order valence-corrected chi connectivity index (χ1v) is 10.4. The first kappa shape index (κ1) is 24.7.